The van der Waals surface area contributed by atoms with Gasteiger partial charge in [0.05, 0.1) is 0 Å². The van der Waals surface area contributed by atoms with Gasteiger partial charge in [0, 0.05) is 11.8 Å². The van der Waals surface area contributed by atoms with Crippen LogP contribution in [0.3, 0.4) is 0 Å². The van der Waals surface area contributed by atoms with Gasteiger partial charge in [0.15, 0.2) is 11.5 Å². The van der Waals surface area contributed by atoms with E-state index in [-0.39, 0.29) is 11.2 Å². The highest BCUT2D eigenvalue weighted by Gasteiger charge is 2.21. The third-order valence-electron chi connectivity index (χ3n) is 4.68. The Labute approximate surface area is 173 Å². The number of carbonyl (C=O) groups is 1. The number of carbonyl (C=O) groups excluding carboxylic acids is 1. The van der Waals surface area contributed by atoms with Gasteiger partial charge in [0.1, 0.15) is 19.0 Å². The lowest BCUT2D eigenvalue weighted by Crippen LogP contribution is -2.22. The number of ketones is 1. The third-order valence-corrected chi connectivity index (χ3v) is 4.68. The number of rotatable bonds is 8. The number of hydrogen-bond acceptors (Lipinski definition) is 3. The van der Waals surface area contributed by atoms with E-state index in [1.807, 2.05) is 99.6 Å². The van der Waals surface area contributed by atoms with Gasteiger partial charge in [-0.25, -0.2) is 0 Å². The van der Waals surface area contributed by atoms with Crippen molar-refractivity contribution in [2.75, 3.05) is 0 Å². The zero-order chi connectivity index (χ0) is 20.7. The van der Waals surface area contributed by atoms with Crippen LogP contribution < -0.4 is 9.47 Å². The molecule has 0 amide bonds. The van der Waals surface area contributed by atoms with Gasteiger partial charge in [0.2, 0.25) is 0 Å². The van der Waals surface area contributed by atoms with E-state index < -0.39 is 0 Å². The monoisotopic (exact) mass is 388 g/mol. The van der Waals surface area contributed by atoms with Crippen molar-refractivity contribution < 1.29 is 14.3 Å². The van der Waals surface area contributed by atoms with Gasteiger partial charge in [0.25, 0.3) is 0 Å². The van der Waals surface area contributed by atoms with Crippen molar-refractivity contribution in [1.29, 1.82) is 0 Å². The van der Waals surface area contributed by atoms with Crippen LogP contribution in [0.1, 0.15) is 37.5 Å². The van der Waals surface area contributed by atoms with E-state index in [1.165, 1.54) is 0 Å². The Morgan fingerprint density at radius 1 is 0.690 bits per heavy atom. The summed E-state index contributed by atoms with van der Waals surface area (Å²) in [7, 11) is 0. The van der Waals surface area contributed by atoms with Crippen LogP contribution in [0.25, 0.3) is 0 Å². The average Bonchev–Trinajstić information content (AvgIpc) is 2.72. The van der Waals surface area contributed by atoms with Crippen molar-refractivity contribution in [2.45, 2.75) is 40.4 Å². The topological polar surface area (TPSA) is 35.5 Å². The van der Waals surface area contributed by atoms with E-state index in [0.29, 0.717) is 31.1 Å². The van der Waals surface area contributed by atoms with Gasteiger partial charge in [-0.3, -0.25) is 4.79 Å². The Hall–Kier alpha value is -3.07. The Morgan fingerprint density at radius 2 is 1.21 bits per heavy atom. The summed E-state index contributed by atoms with van der Waals surface area (Å²) in [6, 6.07) is 25.8. The molecule has 29 heavy (non-hydrogen) atoms. The summed E-state index contributed by atoms with van der Waals surface area (Å²) in [5.74, 6) is 1.53. The molecule has 3 rings (SSSR count). The maximum Gasteiger partial charge on any atom is 0.161 e. The van der Waals surface area contributed by atoms with Crippen LogP contribution in [0.5, 0.6) is 11.5 Å². The number of ether oxygens (including phenoxy) is 2. The molecule has 0 unspecified atom stereocenters. The van der Waals surface area contributed by atoms with Crippen LogP contribution in [0.2, 0.25) is 0 Å². The van der Waals surface area contributed by atoms with E-state index in [4.69, 9.17) is 9.47 Å². The zero-order valence-electron chi connectivity index (χ0n) is 17.4. The summed E-state index contributed by atoms with van der Waals surface area (Å²) in [5.41, 5.74) is 2.74. The van der Waals surface area contributed by atoms with Gasteiger partial charge in [-0.05, 0) is 28.8 Å². The molecule has 0 radical (unpaired) electrons. The molecule has 0 aromatic heterocycles. The molecule has 0 aliphatic rings. The van der Waals surface area contributed by atoms with E-state index in [0.717, 1.165) is 16.7 Å². The first kappa shape index (κ1) is 20.7. The highest BCUT2D eigenvalue weighted by atomic mass is 16.5. The molecule has 0 fully saturated rings. The van der Waals surface area contributed by atoms with Crippen LogP contribution in [0.4, 0.5) is 0 Å². The fraction of sp³-hybridized carbons (Fsp3) is 0.269. The average molecular weight is 389 g/mol. The van der Waals surface area contributed by atoms with Crippen LogP contribution in [-0.2, 0) is 24.4 Å². The molecule has 0 saturated heterocycles. The molecule has 0 saturated carbocycles. The first-order chi connectivity index (χ1) is 13.9. The lowest BCUT2D eigenvalue weighted by atomic mass is 9.87. The molecule has 0 bridgehead atoms. The minimum atomic E-state index is -0.368. The first-order valence-electron chi connectivity index (χ1n) is 9.91. The van der Waals surface area contributed by atoms with Gasteiger partial charge < -0.3 is 9.47 Å². The third kappa shape index (κ3) is 6.21. The van der Waals surface area contributed by atoms with Crippen LogP contribution in [0, 0.1) is 5.41 Å². The van der Waals surface area contributed by atoms with Crippen molar-refractivity contribution >= 4 is 5.78 Å². The highest BCUT2D eigenvalue weighted by molar-refractivity contribution is 5.85. The Bertz CT molecular complexity index is 925. The van der Waals surface area contributed by atoms with E-state index in [9.17, 15) is 4.79 Å². The Balaban J connectivity index is 1.78. The van der Waals surface area contributed by atoms with E-state index in [1.54, 1.807) is 0 Å². The second kappa shape index (κ2) is 9.42. The number of hydrogen-bond donors (Lipinski definition) is 0. The normalized spacial score (nSPS) is 11.1. The lowest BCUT2D eigenvalue weighted by Gasteiger charge is -2.18. The van der Waals surface area contributed by atoms with Crippen molar-refractivity contribution in [3.63, 3.8) is 0 Å². The molecule has 0 atom stereocenters. The molecule has 3 nitrogen and oxygen atoms in total. The number of Topliss-reactive ketones (excluding diaryl/α,β-unsaturated/α-hetero) is 1. The lowest BCUT2D eigenvalue weighted by molar-refractivity contribution is -0.125. The summed E-state index contributed by atoms with van der Waals surface area (Å²) in [4.78, 5) is 12.4. The molecule has 0 aliphatic carbocycles. The van der Waals surface area contributed by atoms with Crippen LogP contribution in [-0.4, -0.2) is 5.78 Å². The predicted molar refractivity (Wildman–Crippen MR) is 116 cm³/mol. The summed E-state index contributed by atoms with van der Waals surface area (Å²) in [6.07, 6.45) is 0.379. The van der Waals surface area contributed by atoms with E-state index >= 15 is 0 Å². The summed E-state index contributed by atoms with van der Waals surface area (Å²) in [6.45, 7) is 6.74. The maximum absolute atomic E-state index is 12.4. The van der Waals surface area contributed by atoms with Gasteiger partial charge in [-0.2, -0.15) is 0 Å². The molecule has 0 N–H and O–H groups in total. The minimum absolute atomic E-state index is 0.199. The van der Waals surface area contributed by atoms with Gasteiger partial charge in [-0.1, -0.05) is 87.5 Å². The molecule has 0 spiro atoms. The molecule has 0 heterocycles. The summed E-state index contributed by atoms with van der Waals surface area (Å²) >= 11 is 0. The summed E-state index contributed by atoms with van der Waals surface area (Å²) in [5, 5.41) is 0. The molecule has 150 valence electrons. The fourth-order valence-electron chi connectivity index (χ4n) is 2.82. The largest absolute Gasteiger partial charge is 0.485 e. The quantitative estimate of drug-likeness (QED) is 0.474. The molecule has 3 aromatic carbocycles. The Morgan fingerprint density at radius 3 is 1.72 bits per heavy atom. The Kier molecular flexibility index (Phi) is 6.71. The molecular formula is C26H28O3. The first-order valence-corrected chi connectivity index (χ1v) is 9.91. The van der Waals surface area contributed by atoms with Crippen molar-refractivity contribution in [2.24, 2.45) is 5.41 Å². The van der Waals surface area contributed by atoms with Crippen molar-refractivity contribution in [3.8, 4) is 11.5 Å². The van der Waals surface area contributed by atoms with Crippen molar-refractivity contribution in [1.82, 2.24) is 0 Å². The van der Waals surface area contributed by atoms with E-state index in [2.05, 4.69) is 0 Å². The molecular weight excluding hydrogens is 360 g/mol. The minimum Gasteiger partial charge on any atom is -0.485 e. The molecule has 3 heteroatoms. The summed E-state index contributed by atoms with van der Waals surface area (Å²) < 4.78 is 12.1. The fourth-order valence-corrected chi connectivity index (χ4v) is 2.82. The second-order valence-electron chi connectivity index (χ2n) is 8.18. The second-order valence-corrected chi connectivity index (χ2v) is 8.18. The molecule has 0 aliphatic heterocycles. The van der Waals surface area contributed by atoms with Gasteiger partial charge >= 0.3 is 0 Å². The predicted octanol–water partition coefficient (Wildman–Crippen LogP) is 6.00. The maximum atomic E-state index is 12.4. The smallest absolute Gasteiger partial charge is 0.161 e. The van der Waals surface area contributed by atoms with Gasteiger partial charge in [-0.15, -0.1) is 0 Å². The SMILES string of the molecule is CC(C)(C)C(=O)Cc1ccc(OCc2ccccc2)c(OCc2ccccc2)c1. The molecule has 3 aromatic rings. The zero-order valence-corrected chi connectivity index (χ0v) is 17.4. The standard InChI is InChI=1S/C26H28O3/c1-26(2,3)25(27)17-22-14-15-23(28-18-20-10-6-4-7-11-20)24(16-22)29-19-21-12-8-5-9-13-21/h4-16H,17-19H2,1-3H3. The van der Waals surface area contributed by atoms with Crippen molar-refractivity contribution in [3.05, 3.63) is 95.6 Å². The van der Waals surface area contributed by atoms with Crippen LogP contribution in [0.15, 0.2) is 78.9 Å². The highest BCUT2D eigenvalue weighted by Crippen LogP contribution is 2.31. The number of benzene rings is 3. The van der Waals surface area contributed by atoms with Crippen LogP contribution >= 0.6 is 0 Å².